The van der Waals surface area contributed by atoms with Crippen molar-refractivity contribution in [3.63, 3.8) is 0 Å². The number of hydrogen-bond acceptors (Lipinski definition) is 4. The van der Waals surface area contributed by atoms with Crippen molar-refractivity contribution in [1.29, 1.82) is 0 Å². The maximum atomic E-state index is 5.98. The molecule has 1 heterocycles. The van der Waals surface area contributed by atoms with Crippen LogP contribution in [-0.2, 0) is 17.9 Å². The van der Waals surface area contributed by atoms with Crippen LogP contribution in [0.4, 0.5) is 0 Å². The molecule has 2 N–H and O–H groups in total. The Balaban J connectivity index is 2.07. The van der Waals surface area contributed by atoms with Crippen LogP contribution in [0.2, 0.25) is 0 Å². The van der Waals surface area contributed by atoms with E-state index in [0.717, 1.165) is 6.54 Å². The van der Waals surface area contributed by atoms with Crippen molar-refractivity contribution in [2.45, 2.75) is 19.2 Å². The van der Waals surface area contributed by atoms with E-state index in [1.807, 2.05) is 24.5 Å². The molecule has 0 amide bonds. The Bertz CT molecular complexity index is 527. The third-order valence-electron chi connectivity index (χ3n) is 3.61. The third kappa shape index (κ3) is 4.36. The van der Waals surface area contributed by atoms with Gasteiger partial charge in [-0.1, -0.05) is 24.3 Å². The van der Waals surface area contributed by atoms with Crippen molar-refractivity contribution in [2.75, 3.05) is 20.7 Å². The zero-order chi connectivity index (χ0) is 15.1. The first kappa shape index (κ1) is 15.6. The standard InChI is InChI=1S/C17H23N3O/c1-20(12-14-7-9-19-10-8-14)17(11-18)16-5-3-15(4-6-16)13-21-2/h3-10,17H,11-13,18H2,1-2H3. The Morgan fingerprint density at radius 3 is 2.33 bits per heavy atom. The maximum Gasteiger partial charge on any atom is 0.0713 e. The van der Waals surface area contributed by atoms with Gasteiger partial charge >= 0.3 is 0 Å². The van der Waals surface area contributed by atoms with E-state index in [4.69, 9.17) is 10.5 Å². The molecule has 0 spiro atoms. The predicted molar refractivity (Wildman–Crippen MR) is 84.7 cm³/mol. The van der Waals surface area contributed by atoms with Gasteiger partial charge < -0.3 is 10.5 Å². The van der Waals surface area contributed by atoms with E-state index >= 15 is 0 Å². The highest BCUT2D eigenvalue weighted by molar-refractivity contribution is 5.25. The summed E-state index contributed by atoms with van der Waals surface area (Å²) in [6.07, 6.45) is 3.64. The number of aromatic nitrogens is 1. The first-order valence-electron chi connectivity index (χ1n) is 7.11. The van der Waals surface area contributed by atoms with Crippen molar-refractivity contribution in [2.24, 2.45) is 5.73 Å². The number of methoxy groups -OCH3 is 1. The number of nitrogens with two attached hydrogens (primary N) is 1. The zero-order valence-corrected chi connectivity index (χ0v) is 12.7. The minimum atomic E-state index is 0.203. The SMILES string of the molecule is COCc1ccc(C(CN)N(C)Cc2ccncc2)cc1. The van der Waals surface area contributed by atoms with E-state index in [1.54, 1.807) is 7.11 Å². The largest absolute Gasteiger partial charge is 0.380 e. The maximum absolute atomic E-state index is 5.98. The fraction of sp³-hybridized carbons (Fsp3) is 0.353. The lowest BCUT2D eigenvalue weighted by atomic mass is 10.0. The molecule has 0 saturated heterocycles. The van der Waals surface area contributed by atoms with Gasteiger partial charge in [0.25, 0.3) is 0 Å². The summed E-state index contributed by atoms with van der Waals surface area (Å²) in [7, 11) is 3.81. The van der Waals surface area contributed by atoms with Crippen LogP contribution in [0.5, 0.6) is 0 Å². The second-order valence-corrected chi connectivity index (χ2v) is 5.20. The molecular weight excluding hydrogens is 262 g/mol. The Labute approximate surface area is 126 Å². The molecule has 0 aliphatic carbocycles. The minimum absolute atomic E-state index is 0.203. The fourth-order valence-electron chi connectivity index (χ4n) is 2.46. The first-order valence-corrected chi connectivity index (χ1v) is 7.11. The zero-order valence-electron chi connectivity index (χ0n) is 12.7. The molecule has 0 saturated carbocycles. The molecule has 4 nitrogen and oxygen atoms in total. The topological polar surface area (TPSA) is 51.4 Å². The fourth-order valence-corrected chi connectivity index (χ4v) is 2.46. The van der Waals surface area contributed by atoms with Gasteiger partial charge in [-0.3, -0.25) is 9.88 Å². The van der Waals surface area contributed by atoms with Crippen molar-refractivity contribution in [1.82, 2.24) is 9.88 Å². The Morgan fingerprint density at radius 2 is 1.76 bits per heavy atom. The number of rotatable bonds is 7. The normalized spacial score (nSPS) is 12.6. The minimum Gasteiger partial charge on any atom is -0.380 e. The van der Waals surface area contributed by atoms with Crippen molar-refractivity contribution >= 4 is 0 Å². The second-order valence-electron chi connectivity index (χ2n) is 5.20. The van der Waals surface area contributed by atoms with Crippen molar-refractivity contribution < 1.29 is 4.74 Å². The molecule has 1 atom stereocenters. The number of ether oxygens (including phenoxy) is 1. The van der Waals surface area contributed by atoms with Gasteiger partial charge in [-0.15, -0.1) is 0 Å². The van der Waals surface area contributed by atoms with Crippen LogP contribution in [0.3, 0.4) is 0 Å². The smallest absolute Gasteiger partial charge is 0.0713 e. The summed E-state index contributed by atoms with van der Waals surface area (Å²) in [5.74, 6) is 0. The third-order valence-corrected chi connectivity index (χ3v) is 3.61. The van der Waals surface area contributed by atoms with E-state index in [1.165, 1.54) is 16.7 Å². The monoisotopic (exact) mass is 285 g/mol. The lowest BCUT2D eigenvalue weighted by molar-refractivity contribution is 0.185. The summed E-state index contributed by atoms with van der Waals surface area (Å²) < 4.78 is 5.14. The van der Waals surface area contributed by atoms with E-state index < -0.39 is 0 Å². The van der Waals surface area contributed by atoms with E-state index in [-0.39, 0.29) is 6.04 Å². The molecule has 2 aromatic rings. The molecule has 0 bridgehead atoms. The number of nitrogens with zero attached hydrogens (tertiary/aromatic N) is 2. The summed E-state index contributed by atoms with van der Waals surface area (Å²) in [6, 6.07) is 12.7. The molecule has 112 valence electrons. The lowest BCUT2D eigenvalue weighted by Crippen LogP contribution is -2.30. The molecule has 0 aliphatic rings. The van der Waals surface area contributed by atoms with Crippen molar-refractivity contribution in [3.05, 3.63) is 65.5 Å². The highest BCUT2D eigenvalue weighted by Crippen LogP contribution is 2.21. The van der Waals surface area contributed by atoms with Gasteiger partial charge in [0, 0.05) is 38.6 Å². The van der Waals surface area contributed by atoms with Gasteiger partial charge in [-0.05, 0) is 35.9 Å². The highest BCUT2D eigenvalue weighted by Gasteiger charge is 2.15. The summed E-state index contributed by atoms with van der Waals surface area (Å²) in [6.45, 7) is 2.08. The van der Waals surface area contributed by atoms with Gasteiger partial charge in [0.05, 0.1) is 6.61 Å². The number of pyridine rings is 1. The molecule has 1 aromatic heterocycles. The van der Waals surface area contributed by atoms with Gasteiger partial charge in [0.1, 0.15) is 0 Å². The van der Waals surface area contributed by atoms with E-state index in [9.17, 15) is 0 Å². The number of hydrogen-bond donors (Lipinski definition) is 1. The summed E-state index contributed by atoms with van der Waals surface area (Å²) >= 11 is 0. The Morgan fingerprint density at radius 1 is 1.10 bits per heavy atom. The van der Waals surface area contributed by atoms with Gasteiger partial charge in [-0.25, -0.2) is 0 Å². The highest BCUT2D eigenvalue weighted by atomic mass is 16.5. The average Bonchev–Trinajstić information content (AvgIpc) is 2.51. The molecule has 0 aliphatic heterocycles. The molecule has 0 radical (unpaired) electrons. The predicted octanol–water partition coefficient (Wildman–Crippen LogP) is 2.36. The number of likely N-dealkylation sites (N-methyl/N-ethyl adjacent to an activating group) is 1. The average molecular weight is 285 g/mol. The van der Waals surface area contributed by atoms with E-state index in [2.05, 4.69) is 41.2 Å². The van der Waals surface area contributed by atoms with Gasteiger partial charge in [0.15, 0.2) is 0 Å². The van der Waals surface area contributed by atoms with Crippen LogP contribution in [0.1, 0.15) is 22.7 Å². The van der Waals surface area contributed by atoms with Crippen LogP contribution in [0, 0.1) is 0 Å². The number of benzene rings is 1. The van der Waals surface area contributed by atoms with E-state index in [0.29, 0.717) is 13.2 Å². The molecule has 1 unspecified atom stereocenters. The van der Waals surface area contributed by atoms with Gasteiger partial charge in [0.2, 0.25) is 0 Å². The molecule has 21 heavy (non-hydrogen) atoms. The van der Waals surface area contributed by atoms with Crippen LogP contribution >= 0.6 is 0 Å². The summed E-state index contributed by atoms with van der Waals surface area (Å²) in [4.78, 5) is 6.31. The van der Waals surface area contributed by atoms with Gasteiger partial charge in [-0.2, -0.15) is 0 Å². The van der Waals surface area contributed by atoms with Crippen LogP contribution in [0.15, 0.2) is 48.8 Å². The molecule has 0 fully saturated rings. The summed E-state index contributed by atoms with van der Waals surface area (Å²) in [5.41, 5.74) is 9.62. The molecule has 1 aromatic carbocycles. The van der Waals surface area contributed by atoms with Crippen molar-refractivity contribution in [3.8, 4) is 0 Å². The molecular formula is C17H23N3O. The Hall–Kier alpha value is -1.75. The summed E-state index contributed by atoms with van der Waals surface area (Å²) in [5, 5.41) is 0. The second kappa shape index (κ2) is 7.88. The van der Waals surface area contributed by atoms with Crippen LogP contribution < -0.4 is 5.73 Å². The Kier molecular flexibility index (Phi) is 5.87. The van der Waals surface area contributed by atoms with Crippen LogP contribution in [0.25, 0.3) is 0 Å². The quantitative estimate of drug-likeness (QED) is 0.848. The van der Waals surface area contributed by atoms with Crippen LogP contribution in [-0.4, -0.2) is 30.6 Å². The lowest BCUT2D eigenvalue weighted by Gasteiger charge is -2.27. The molecule has 4 heteroatoms. The first-order chi connectivity index (χ1) is 10.2. The molecule has 2 rings (SSSR count).